The van der Waals surface area contributed by atoms with Crippen molar-refractivity contribution in [3.63, 3.8) is 0 Å². The third-order valence-corrected chi connectivity index (χ3v) is 16.3. The third kappa shape index (κ3) is 8.69. The molecule has 0 radical (unpaired) electrons. The molecule has 3 heteroatoms. The molecular weight excluding hydrogens is 949 g/mol. The summed E-state index contributed by atoms with van der Waals surface area (Å²) in [7, 11) is 0. The Labute approximate surface area is 453 Å². The van der Waals surface area contributed by atoms with Crippen LogP contribution in [0.1, 0.15) is 0 Å². The number of benzene rings is 13. The molecule has 0 fully saturated rings. The number of fused-ring (bicyclic) bond motifs is 6. The van der Waals surface area contributed by atoms with Gasteiger partial charge >= 0.3 is 0 Å². The van der Waals surface area contributed by atoms with Gasteiger partial charge in [-0.15, -0.1) is 11.3 Å². The maximum Gasteiger partial charge on any atom is 0.0488 e. The van der Waals surface area contributed by atoms with Crippen LogP contribution in [0.15, 0.2) is 303 Å². The maximum atomic E-state index is 2.43. The predicted molar refractivity (Wildman–Crippen MR) is 331 cm³/mol. The molecule has 0 unspecified atom stereocenters. The van der Waals surface area contributed by atoms with E-state index < -0.39 is 0 Å². The fourth-order valence-corrected chi connectivity index (χ4v) is 12.5. The van der Waals surface area contributed by atoms with Crippen LogP contribution in [0.2, 0.25) is 0 Å². The highest BCUT2D eigenvalue weighted by Crippen LogP contribution is 2.47. The first kappa shape index (κ1) is 45.8. The molecule has 77 heavy (non-hydrogen) atoms. The molecule has 0 aliphatic rings. The topological polar surface area (TPSA) is 6.48 Å². The fourth-order valence-electron chi connectivity index (χ4n) is 11.3. The lowest BCUT2D eigenvalue weighted by Gasteiger charge is -2.31. The minimum atomic E-state index is 1.04. The van der Waals surface area contributed by atoms with E-state index in [-0.39, 0.29) is 0 Å². The van der Waals surface area contributed by atoms with Crippen molar-refractivity contribution in [3.05, 3.63) is 303 Å². The van der Waals surface area contributed by atoms with Gasteiger partial charge in [0.25, 0.3) is 0 Å². The first-order valence-electron chi connectivity index (χ1n) is 26.3. The van der Waals surface area contributed by atoms with E-state index in [0.717, 1.165) is 39.7 Å². The van der Waals surface area contributed by atoms with Crippen molar-refractivity contribution < 1.29 is 0 Å². The number of hydrogen-bond acceptors (Lipinski definition) is 3. The summed E-state index contributed by atoms with van der Waals surface area (Å²) in [6.45, 7) is 0. The standard InChI is InChI=1S/C74H50N2S/c1-4-17-51(18-5-1)54-31-39-60(40-32-54)75(61-41-33-55(34-42-61)52-19-6-2-7-20-52)64-47-59(72-49-58-23-10-11-24-66(58)68-25-12-13-26-69(68)72)48-65(50-64)76(62-43-35-56(36-44-62)53-21-8-3-9-22-53)63-45-37-57(38-46-63)67-28-16-29-71-70-27-14-15-30-73(70)77-74(67)71/h1-50H. The van der Waals surface area contributed by atoms with Crippen molar-refractivity contribution in [1.82, 2.24) is 0 Å². The van der Waals surface area contributed by atoms with Gasteiger partial charge in [-0.05, 0) is 156 Å². The van der Waals surface area contributed by atoms with Crippen molar-refractivity contribution >= 4 is 87.2 Å². The van der Waals surface area contributed by atoms with Crippen molar-refractivity contribution in [2.75, 3.05) is 9.80 Å². The number of hydrogen-bond donors (Lipinski definition) is 0. The Kier molecular flexibility index (Phi) is 11.8. The average Bonchev–Trinajstić information content (AvgIpc) is 3.95. The molecule has 0 spiro atoms. The lowest BCUT2D eigenvalue weighted by Crippen LogP contribution is -2.14. The molecular formula is C74H50N2S. The molecule has 1 aromatic heterocycles. The monoisotopic (exact) mass is 998 g/mol. The summed E-state index contributed by atoms with van der Waals surface area (Å²) in [5.74, 6) is 0. The Hall–Kier alpha value is -9.80. The average molecular weight is 999 g/mol. The molecule has 2 nitrogen and oxygen atoms in total. The van der Waals surface area contributed by atoms with Gasteiger partial charge in [-0.1, -0.05) is 224 Å². The quantitative estimate of drug-likeness (QED) is 0.119. The molecule has 0 atom stereocenters. The van der Waals surface area contributed by atoms with E-state index >= 15 is 0 Å². The lowest BCUT2D eigenvalue weighted by atomic mass is 9.92. The SMILES string of the molecule is c1ccc(-c2ccc(N(c3ccc(-c4ccccc4)cc3)c3cc(-c4cc5ccccc5c5ccccc45)cc(N(c4ccc(-c5ccccc5)cc4)c4ccc(-c5cccc6c5sc5ccccc56)cc4)c3)cc2)cc1. The molecule has 0 saturated carbocycles. The highest BCUT2D eigenvalue weighted by atomic mass is 32.1. The van der Waals surface area contributed by atoms with E-state index in [4.69, 9.17) is 0 Å². The summed E-state index contributed by atoms with van der Waals surface area (Å²) in [5, 5.41) is 7.49. The first-order chi connectivity index (χ1) is 38.2. The molecule has 13 aromatic carbocycles. The predicted octanol–water partition coefficient (Wildman–Crippen LogP) is 21.6. The van der Waals surface area contributed by atoms with Gasteiger partial charge in [-0.2, -0.15) is 0 Å². The molecule has 14 rings (SSSR count). The van der Waals surface area contributed by atoms with Crippen LogP contribution in [-0.2, 0) is 0 Å². The lowest BCUT2D eigenvalue weighted by molar-refractivity contribution is 1.25. The summed E-state index contributed by atoms with van der Waals surface area (Å²) in [6, 6.07) is 111. The number of nitrogens with zero attached hydrogens (tertiary/aromatic N) is 2. The van der Waals surface area contributed by atoms with E-state index in [1.807, 2.05) is 11.3 Å². The summed E-state index contributed by atoms with van der Waals surface area (Å²) < 4.78 is 2.61. The smallest absolute Gasteiger partial charge is 0.0488 e. The molecule has 0 aliphatic carbocycles. The van der Waals surface area contributed by atoms with E-state index in [2.05, 4.69) is 313 Å². The van der Waals surface area contributed by atoms with Gasteiger partial charge in [0, 0.05) is 54.3 Å². The second kappa shape index (κ2) is 19.8. The second-order valence-electron chi connectivity index (χ2n) is 19.7. The van der Waals surface area contributed by atoms with Gasteiger partial charge in [0.2, 0.25) is 0 Å². The number of rotatable bonds is 11. The van der Waals surface area contributed by atoms with Crippen LogP contribution in [-0.4, -0.2) is 0 Å². The summed E-state index contributed by atoms with van der Waals surface area (Å²) in [4.78, 5) is 4.86. The molecule has 14 aromatic rings. The minimum absolute atomic E-state index is 1.04. The normalized spacial score (nSPS) is 11.4. The Bertz CT molecular complexity index is 4310. The Morgan fingerprint density at radius 3 is 1.10 bits per heavy atom. The summed E-state index contributed by atoms with van der Waals surface area (Å²) >= 11 is 1.87. The summed E-state index contributed by atoms with van der Waals surface area (Å²) in [6.07, 6.45) is 0. The molecule has 0 saturated heterocycles. The molecule has 0 N–H and O–H groups in total. The van der Waals surface area contributed by atoms with Crippen molar-refractivity contribution in [3.8, 4) is 55.6 Å². The van der Waals surface area contributed by atoms with Crippen molar-refractivity contribution in [1.29, 1.82) is 0 Å². The zero-order chi connectivity index (χ0) is 51.1. The largest absolute Gasteiger partial charge is 0.310 e. The third-order valence-electron chi connectivity index (χ3n) is 15.0. The van der Waals surface area contributed by atoms with Gasteiger partial charge < -0.3 is 9.80 Å². The highest BCUT2D eigenvalue weighted by molar-refractivity contribution is 7.26. The van der Waals surface area contributed by atoms with Gasteiger partial charge in [0.05, 0.1) is 0 Å². The maximum absolute atomic E-state index is 2.43. The minimum Gasteiger partial charge on any atom is -0.310 e. The van der Waals surface area contributed by atoms with Crippen molar-refractivity contribution in [2.24, 2.45) is 0 Å². The summed E-state index contributed by atoms with van der Waals surface area (Å²) in [5.41, 5.74) is 18.1. The zero-order valence-electron chi connectivity index (χ0n) is 42.2. The van der Waals surface area contributed by atoms with Crippen LogP contribution in [0.25, 0.3) is 97.4 Å². The fraction of sp³-hybridized carbons (Fsp3) is 0. The van der Waals surface area contributed by atoms with E-state index in [9.17, 15) is 0 Å². The number of thiophene rings is 1. The molecule has 362 valence electrons. The molecule has 0 amide bonds. The molecule has 1 heterocycles. The Balaban J connectivity index is 0.997. The van der Waals surface area contributed by atoms with Crippen LogP contribution in [0.3, 0.4) is 0 Å². The molecule has 0 bridgehead atoms. The number of anilines is 6. The highest BCUT2D eigenvalue weighted by Gasteiger charge is 2.22. The van der Waals surface area contributed by atoms with Gasteiger partial charge in [-0.3, -0.25) is 0 Å². The Morgan fingerprint density at radius 2 is 0.597 bits per heavy atom. The first-order valence-corrected chi connectivity index (χ1v) is 27.1. The zero-order valence-corrected chi connectivity index (χ0v) is 43.0. The van der Waals surface area contributed by atoms with Crippen LogP contribution in [0.5, 0.6) is 0 Å². The van der Waals surface area contributed by atoms with Gasteiger partial charge in [-0.25, -0.2) is 0 Å². The van der Waals surface area contributed by atoms with Crippen LogP contribution >= 0.6 is 11.3 Å². The van der Waals surface area contributed by atoms with E-state index in [1.54, 1.807) is 0 Å². The van der Waals surface area contributed by atoms with E-state index in [0.29, 0.717) is 0 Å². The van der Waals surface area contributed by atoms with Crippen molar-refractivity contribution in [2.45, 2.75) is 0 Å². The molecule has 0 aliphatic heterocycles. The Morgan fingerprint density at radius 1 is 0.208 bits per heavy atom. The van der Waals surface area contributed by atoms with Gasteiger partial charge in [0.1, 0.15) is 0 Å². The van der Waals surface area contributed by atoms with Crippen LogP contribution in [0.4, 0.5) is 34.1 Å². The van der Waals surface area contributed by atoms with E-state index in [1.165, 1.54) is 91.8 Å². The second-order valence-corrected chi connectivity index (χ2v) is 20.7. The van der Waals surface area contributed by atoms with Gasteiger partial charge in [0.15, 0.2) is 0 Å². The van der Waals surface area contributed by atoms with Crippen LogP contribution in [0, 0.1) is 0 Å². The van der Waals surface area contributed by atoms with Crippen LogP contribution < -0.4 is 9.80 Å².